The van der Waals surface area contributed by atoms with Crippen LogP contribution in [0.25, 0.3) is 0 Å². The van der Waals surface area contributed by atoms with E-state index in [2.05, 4.69) is 26.2 Å². The Morgan fingerprint density at radius 1 is 1.43 bits per heavy atom. The van der Waals surface area contributed by atoms with E-state index in [0.717, 1.165) is 36.0 Å². The number of pyridine rings is 1. The van der Waals surface area contributed by atoms with Gasteiger partial charge in [-0.3, -0.25) is 9.59 Å². The van der Waals surface area contributed by atoms with E-state index in [1.165, 1.54) is 0 Å². The fraction of sp³-hybridized carbons (Fsp3) is 0.533. The maximum atomic E-state index is 12.1. The van der Waals surface area contributed by atoms with Gasteiger partial charge >= 0.3 is 0 Å². The maximum absolute atomic E-state index is 12.1. The Labute approximate surface area is 133 Å². The zero-order chi connectivity index (χ0) is 15.4. The van der Waals surface area contributed by atoms with Gasteiger partial charge in [0.1, 0.15) is 5.82 Å². The minimum absolute atomic E-state index is 0.00537. The number of carbonyl (C=O) groups excluding carboxylic acids is 2. The summed E-state index contributed by atoms with van der Waals surface area (Å²) in [6.45, 7) is 5.01. The lowest BCUT2D eigenvalue weighted by Gasteiger charge is -2.30. The summed E-state index contributed by atoms with van der Waals surface area (Å²) in [6.07, 6.45) is 3.94. The molecule has 0 atom stereocenters. The van der Waals surface area contributed by atoms with Gasteiger partial charge in [-0.25, -0.2) is 4.98 Å². The van der Waals surface area contributed by atoms with E-state index in [1.807, 2.05) is 17.9 Å². The van der Waals surface area contributed by atoms with Gasteiger partial charge in [-0.1, -0.05) is 0 Å². The van der Waals surface area contributed by atoms with Gasteiger partial charge in [-0.15, -0.1) is 0 Å². The second kappa shape index (κ2) is 7.02. The zero-order valence-electron chi connectivity index (χ0n) is 12.4. The molecule has 6 heteroatoms. The van der Waals surface area contributed by atoms with Crippen molar-refractivity contribution < 1.29 is 9.59 Å². The van der Waals surface area contributed by atoms with Crippen LogP contribution < -0.4 is 5.32 Å². The second-order valence-corrected chi connectivity index (χ2v) is 6.44. The highest BCUT2D eigenvalue weighted by molar-refractivity contribution is 9.10. The molecule has 1 saturated heterocycles. The SMILES string of the molecule is CC(=O)N1CCC(CC(=O)Nc2ncc(Br)cc2C)CC1. The van der Waals surface area contributed by atoms with Crippen LogP contribution in [0.5, 0.6) is 0 Å². The number of aromatic nitrogens is 1. The Kier molecular flexibility index (Phi) is 5.33. The first-order valence-electron chi connectivity index (χ1n) is 7.13. The molecule has 0 radical (unpaired) electrons. The molecule has 5 nitrogen and oxygen atoms in total. The van der Waals surface area contributed by atoms with Gasteiger partial charge in [-0.05, 0) is 53.2 Å². The fourth-order valence-electron chi connectivity index (χ4n) is 2.57. The highest BCUT2D eigenvalue weighted by Gasteiger charge is 2.22. The van der Waals surface area contributed by atoms with Crippen LogP contribution in [-0.2, 0) is 9.59 Å². The molecule has 0 spiro atoms. The van der Waals surface area contributed by atoms with E-state index in [-0.39, 0.29) is 11.8 Å². The first-order chi connectivity index (χ1) is 9.95. The van der Waals surface area contributed by atoms with Crippen molar-refractivity contribution in [3.63, 3.8) is 0 Å². The standard InChI is InChI=1S/C15H20BrN3O2/c1-10-7-13(16)9-17-15(10)18-14(21)8-12-3-5-19(6-4-12)11(2)20/h7,9,12H,3-6,8H2,1-2H3,(H,17,18,21). The third kappa shape index (κ3) is 4.52. The third-order valence-electron chi connectivity index (χ3n) is 3.84. The third-order valence-corrected chi connectivity index (χ3v) is 4.27. The number of piperidine rings is 1. The Balaban J connectivity index is 1.84. The Morgan fingerprint density at radius 2 is 2.10 bits per heavy atom. The average Bonchev–Trinajstić information content (AvgIpc) is 2.42. The summed E-state index contributed by atoms with van der Waals surface area (Å²) in [7, 11) is 0. The fourth-order valence-corrected chi connectivity index (χ4v) is 3.01. The summed E-state index contributed by atoms with van der Waals surface area (Å²) >= 11 is 3.35. The van der Waals surface area contributed by atoms with E-state index >= 15 is 0 Å². The molecule has 2 rings (SSSR count). The van der Waals surface area contributed by atoms with Gasteiger partial charge in [0.15, 0.2) is 0 Å². The molecule has 114 valence electrons. The van der Waals surface area contributed by atoms with Crippen molar-refractivity contribution in [2.24, 2.45) is 5.92 Å². The van der Waals surface area contributed by atoms with Crippen LogP contribution in [0.3, 0.4) is 0 Å². The minimum Gasteiger partial charge on any atom is -0.343 e. The molecule has 0 bridgehead atoms. The maximum Gasteiger partial charge on any atom is 0.225 e. The Morgan fingerprint density at radius 3 is 2.67 bits per heavy atom. The molecule has 0 aliphatic carbocycles. The van der Waals surface area contributed by atoms with E-state index in [0.29, 0.717) is 18.2 Å². The molecule has 1 aromatic rings. The van der Waals surface area contributed by atoms with Crippen LogP contribution in [0, 0.1) is 12.8 Å². The summed E-state index contributed by atoms with van der Waals surface area (Å²) in [6, 6.07) is 1.92. The number of anilines is 1. The first-order valence-corrected chi connectivity index (χ1v) is 7.92. The number of aryl methyl sites for hydroxylation is 1. The van der Waals surface area contributed by atoms with E-state index in [9.17, 15) is 9.59 Å². The van der Waals surface area contributed by atoms with Gasteiger partial charge < -0.3 is 10.2 Å². The molecule has 1 aromatic heterocycles. The van der Waals surface area contributed by atoms with Crippen LogP contribution >= 0.6 is 15.9 Å². The molecule has 2 amide bonds. The summed E-state index contributed by atoms with van der Waals surface area (Å²) in [5, 5.41) is 2.87. The number of nitrogens with one attached hydrogen (secondary N) is 1. The predicted molar refractivity (Wildman–Crippen MR) is 84.9 cm³/mol. The van der Waals surface area contributed by atoms with E-state index in [1.54, 1.807) is 13.1 Å². The number of rotatable bonds is 3. The lowest BCUT2D eigenvalue weighted by molar-refractivity contribution is -0.130. The zero-order valence-corrected chi connectivity index (χ0v) is 13.9. The van der Waals surface area contributed by atoms with Crippen molar-refractivity contribution in [1.82, 2.24) is 9.88 Å². The predicted octanol–water partition coefficient (Wildman–Crippen LogP) is 2.74. The number of amides is 2. The Hall–Kier alpha value is -1.43. The van der Waals surface area contributed by atoms with Crippen LogP contribution in [0.1, 0.15) is 31.7 Å². The summed E-state index contributed by atoms with van der Waals surface area (Å²) in [5.74, 6) is 1.07. The quantitative estimate of drug-likeness (QED) is 0.908. The molecule has 0 saturated carbocycles. The van der Waals surface area contributed by atoms with Crippen molar-refractivity contribution in [2.45, 2.75) is 33.1 Å². The number of hydrogen-bond acceptors (Lipinski definition) is 3. The van der Waals surface area contributed by atoms with Gasteiger partial charge in [-0.2, -0.15) is 0 Å². The van der Waals surface area contributed by atoms with Crippen LogP contribution in [0.4, 0.5) is 5.82 Å². The molecule has 1 fully saturated rings. The number of halogens is 1. The van der Waals surface area contributed by atoms with E-state index in [4.69, 9.17) is 0 Å². The molecule has 21 heavy (non-hydrogen) atoms. The van der Waals surface area contributed by atoms with Gasteiger partial charge in [0.25, 0.3) is 0 Å². The Bertz CT molecular complexity index is 540. The number of likely N-dealkylation sites (tertiary alicyclic amines) is 1. The van der Waals surface area contributed by atoms with Crippen molar-refractivity contribution in [3.8, 4) is 0 Å². The second-order valence-electron chi connectivity index (χ2n) is 5.52. The normalized spacial score (nSPS) is 15.9. The molecule has 1 aliphatic heterocycles. The molecule has 0 unspecified atom stereocenters. The number of nitrogens with zero attached hydrogens (tertiary/aromatic N) is 2. The average molecular weight is 354 g/mol. The monoisotopic (exact) mass is 353 g/mol. The van der Waals surface area contributed by atoms with E-state index < -0.39 is 0 Å². The number of carbonyl (C=O) groups is 2. The highest BCUT2D eigenvalue weighted by atomic mass is 79.9. The van der Waals surface area contributed by atoms with Gasteiger partial charge in [0.2, 0.25) is 11.8 Å². The minimum atomic E-state index is -0.00537. The lowest BCUT2D eigenvalue weighted by atomic mass is 9.93. The molecule has 1 N–H and O–H groups in total. The van der Waals surface area contributed by atoms with Crippen LogP contribution in [0.15, 0.2) is 16.7 Å². The van der Waals surface area contributed by atoms with Gasteiger partial charge in [0.05, 0.1) is 0 Å². The van der Waals surface area contributed by atoms with Crippen LogP contribution in [0.2, 0.25) is 0 Å². The summed E-state index contributed by atoms with van der Waals surface area (Å²) in [4.78, 5) is 29.4. The van der Waals surface area contributed by atoms with Gasteiger partial charge in [0, 0.05) is 37.1 Å². The molecule has 0 aromatic carbocycles. The van der Waals surface area contributed by atoms with Crippen molar-refractivity contribution in [3.05, 3.63) is 22.3 Å². The topological polar surface area (TPSA) is 62.3 Å². The largest absolute Gasteiger partial charge is 0.343 e. The van der Waals surface area contributed by atoms with Crippen molar-refractivity contribution in [1.29, 1.82) is 0 Å². The lowest BCUT2D eigenvalue weighted by Crippen LogP contribution is -2.37. The highest BCUT2D eigenvalue weighted by Crippen LogP contribution is 2.22. The molecular formula is C15H20BrN3O2. The van der Waals surface area contributed by atoms with Crippen molar-refractivity contribution >= 4 is 33.6 Å². The smallest absolute Gasteiger partial charge is 0.225 e. The first kappa shape index (κ1) is 15.9. The molecular weight excluding hydrogens is 334 g/mol. The number of hydrogen-bond donors (Lipinski definition) is 1. The van der Waals surface area contributed by atoms with Crippen LogP contribution in [-0.4, -0.2) is 34.8 Å². The summed E-state index contributed by atoms with van der Waals surface area (Å²) in [5.41, 5.74) is 0.934. The molecule has 1 aliphatic rings. The summed E-state index contributed by atoms with van der Waals surface area (Å²) < 4.78 is 0.898. The molecule has 2 heterocycles. The van der Waals surface area contributed by atoms with Crippen molar-refractivity contribution in [2.75, 3.05) is 18.4 Å².